The predicted octanol–water partition coefficient (Wildman–Crippen LogP) is 2.27. The molecule has 1 aromatic heterocycles. The highest BCUT2D eigenvalue weighted by atomic mass is 15.3. The van der Waals surface area contributed by atoms with E-state index >= 15 is 0 Å². The summed E-state index contributed by atoms with van der Waals surface area (Å²) >= 11 is 0. The van der Waals surface area contributed by atoms with Crippen molar-refractivity contribution in [3.8, 4) is 0 Å². The zero-order valence-corrected chi connectivity index (χ0v) is 9.46. The summed E-state index contributed by atoms with van der Waals surface area (Å²) in [5.41, 5.74) is 8.84. The molecule has 1 heterocycles. The molecule has 0 aromatic carbocycles. The molecule has 2 N–H and O–H groups in total. The molecule has 0 radical (unpaired) electrons. The van der Waals surface area contributed by atoms with Gasteiger partial charge in [-0.1, -0.05) is 13.8 Å². The largest absolute Gasteiger partial charge is 0.384 e. The van der Waals surface area contributed by atoms with Crippen LogP contribution in [0.3, 0.4) is 0 Å². The number of fused-ring (bicyclic) bond motifs is 1. The summed E-state index contributed by atoms with van der Waals surface area (Å²) in [5.74, 6) is 0.873. The molecule has 0 saturated heterocycles. The van der Waals surface area contributed by atoms with Crippen molar-refractivity contribution >= 4 is 5.82 Å². The molecule has 2 rings (SSSR count). The Hall–Kier alpha value is -0.990. The van der Waals surface area contributed by atoms with Crippen LogP contribution >= 0.6 is 0 Å². The Bertz CT molecular complexity index is 361. The van der Waals surface area contributed by atoms with Crippen LogP contribution in [0.1, 0.15) is 51.4 Å². The monoisotopic (exact) mass is 193 g/mol. The molecular formula is C11H19N3. The quantitative estimate of drug-likeness (QED) is 0.743. The predicted molar refractivity (Wildman–Crippen MR) is 58.4 cm³/mol. The standard InChI is InChI=1S/C11H19N3/c1-7(2)14-10(12)9-8(13-14)5-6-11(9,3)4/h7H,5-6,12H2,1-4H3. The van der Waals surface area contributed by atoms with Crippen LogP contribution in [0.5, 0.6) is 0 Å². The highest BCUT2D eigenvalue weighted by Gasteiger charge is 2.35. The minimum atomic E-state index is 0.215. The molecule has 0 amide bonds. The SMILES string of the molecule is CC(C)n1nc2c(c1N)C(C)(C)CC2. The number of hydrogen-bond donors (Lipinski definition) is 1. The lowest BCUT2D eigenvalue weighted by Crippen LogP contribution is -2.16. The molecule has 0 atom stereocenters. The summed E-state index contributed by atoms with van der Waals surface area (Å²) in [6.45, 7) is 8.74. The van der Waals surface area contributed by atoms with Gasteiger partial charge in [-0.25, -0.2) is 4.68 Å². The van der Waals surface area contributed by atoms with Crippen molar-refractivity contribution in [1.29, 1.82) is 0 Å². The number of nitrogen functional groups attached to an aromatic ring is 1. The second-order valence-corrected chi connectivity index (χ2v) is 5.13. The first-order valence-electron chi connectivity index (χ1n) is 5.31. The summed E-state index contributed by atoms with van der Waals surface area (Å²) in [7, 11) is 0. The van der Waals surface area contributed by atoms with Gasteiger partial charge in [-0.3, -0.25) is 0 Å². The van der Waals surface area contributed by atoms with Gasteiger partial charge in [0.25, 0.3) is 0 Å². The molecule has 3 nitrogen and oxygen atoms in total. The fourth-order valence-corrected chi connectivity index (χ4v) is 2.36. The van der Waals surface area contributed by atoms with Gasteiger partial charge in [0, 0.05) is 11.6 Å². The second-order valence-electron chi connectivity index (χ2n) is 5.13. The van der Waals surface area contributed by atoms with E-state index in [1.54, 1.807) is 0 Å². The van der Waals surface area contributed by atoms with E-state index in [0.29, 0.717) is 6.04 Å². The number of nitrogens with two attached hydrogens (primary N) is 1. The third kappa shape index (κ3) is 1.15. The number of anilines is 1. The summed E-state index contributed by atoms with van der Waals surface area (Å²) in [4.78, 5) is 0. The number of rotatable bonds is 1. The van der Waals surface area contributed by atoms with Crippen molar-refractivity contribution in [2.24, 2.45) is 0 Å². The fourth-order valence-electron chi connectivity index (χ4n) is 2.36. The van der Waals surface area contributed by atoms with Gasteiger partial charge in [0.2, 0.25) is 0 Å². The molecule has 0 unspecified atom stereocenters. The lowest BCUT2D eigenvalue weighted by molar-refractivity contribution is 0.496. The van der Waals surface area contributed by atoms with Crippen LogP contribution in [0.4, 0.5) is 5.82 Å². The molecule has 78 valence electrons. The first-order valence-corrected chi connectivity index (χ1v) is 5.31. The third-order valence-electron chi connectivity index (χ3n) is 3.17. The minimum Gasteiger partial charge on any atom is -0.384 e. The minimum absolute atomic E-state index is 0.215. The zero-order valence-electron chi connectivity index (χ0n) is 9.46. The van der Waals surface area contributed by atoms with E-state index in [1.165, 1.54) is 17.7 Å². The Balaban J connectivity index is 2.56. The molecule has 0 bridgehead atoms. The first-order chi connectivity index (χ1) is 6.43. The van der Waals surface area contributed by atoms with E-state index in [4.69, 9.17) is 5.73 Å². The van der Waals surface area contributed by atoms with E-state index in [1.807, 2.05) is 4.68 Å². The average Bonchev–Trinajstić information content (AvgIpc) is 2.52. The van der Waals surface area contributed by atoms with Gasteiger partial charge >= 0.3 is 0 Å². The molecule has 0 fully saturated rings. The van der Waals surface area contributed by atoms with E-state index in [9.17, 15) is 0 Å². The van der Waals surface area contributed by atoms with Crippen LogP contribution in [0.25, 0.3) is 0 Å². The van der Waals surface area contributed by atoms with Gasteiger partial charge in [-0.15, -0.1) is 0 Å². The Morgan fingerprint density at radius 2 is 2.07 bits per heavy atom. The summed E-state index contributed by atoms with van der Waals surface area (Å²) in [6, 6.07) is 0.358. The number of aryl methyl sites for hydroxylation is 1. The Morgan fingerprint density at radius 1 is 1.43 bits per heavy atom. The van der Waals surface area contributed by atoms with E-state index in [2.05, 4.69) is 32.8 Å². The molecule has 0 aliphatic heterocycles. The van der Waals surface area contributed by atoms with Crippen molar-refractivity contribution < 1.29 is 0 Å². The van der Waals surface area contributed by atoms with Crippen LogP contribution in [-0.4, -0.2) is 9.78 Å². The highest BCUT2D eigenvalue weighted by molar-refractivity contribution is 5.51. The molecule has 3 heteroatoms. The second kappa shape index (κ2) is 2.75. The highest BCUT2D eigenvalue weighted by Crippen LogP contribution is 2.41. The number of hydrogen-bond acceptors (Lipinski definition) is 2. The Labute approximate surface area is 85.3 Å². The molecule has 1 aromatic rings. The van der Waals surface area contributed by atoms with Crippen molar-refractivity contribution in [2.75, 3.05) is 5.73 Å². The van der Waals surface area contributed by atoms with Crippen LogP contribution in [0, 0.1) is 0 Å². The topological polar surface area (TPSA) is 43.8 Å². The summed E-state index contributed by atoms with van der Waals surface area (Å²) in [6.07, 6.45) is 2.25. The van der Waals surface area contributed by atoms with Crippen molar-refractivity contribution in [2.45, 2.75) is 52.0 Å². The van der Waals surface area contributed by atoms with Gasteiger partial charge < -0.3 is 5.73 Å². The lowest BCUT2D eigenvalue weighted by atomic mass is 9.87. The van der Waals surface area contributed by atoms with Crippen LogP contribution in [-0.2, 0) is 11.8 Å². The smallest absolute Gasteiger partial charge is 0.126 e. The third-order valence-corrected chi connectivity index (χ3v) is 3.17. The first kappa shape index (κ1) is 9.56. The van der Waals surface area contributed by atoms with Crippen LogP contribution in [0.2, 0.25) is 0 Å². The van der Waals surface area contributed by atoms with Crippen LogP contribution in [0.15, 0.2) is 0 Å². The van der Waals surface area contributed by atoms with Crippen molar-refractivity contribution in [3.05, 3.63) is 11.3 Å². The molecule has 14 heavy (non-hydrogen) atoms. The molecular weight excluding hydrogens is 174 g/mol. The Morgan fingerprint density at radius 3 is 2.57 bits per heavy atom. The van der Waals surface area contributed by atoms with Crippen molar-refractivity contribution in [3.63, 3.8) is 0 Å². The van der Waals surface area contributed by atoms with Gasteiger partial charge in [-0.05, 0) is 32.1 Å². The Kier molecular flexibility index (Phi) is 1.88. The van der Waals surface area contributed by atoms with Gasteiger partial charge in [0.15, 0.2) is 0 Å². The lowest BCUT2D eigenvalue weighted by Gasteiger charge is -2.19. The summed E-state index contributed by atoms with van der Waals surface area (Å²) in [5, 5.41) is 4.58. The van der Waals surface area contributed by atoms with Gasteiger partial charge in [0.1, 0.15) is 5.82 Å². The molecule has 0 saturated carbocycles. The van der Waals surface area contributed by atoms with E-state index < -0.39 is 0 Å². The number of nitrogens with zero attached hydrogens (tertiary/aromatic N) is 2. The molecule has 1 aliphatic carbocycles. The van der Waals surface area contributed by atoms with Crippen molar-refractivity contribution in [1.82, 2.24) is 9.78 Å². The summed E-state index contributed by atoms with van der Waals surface area (Å²) < 4.78 is 1.95. The average molecular weight is 193 g/mol. The van der Waals surface area contributed by atoms with Gasteiger partial charge in [-0.2, -0.15) is 5.10 Å². The maximum Gasteiger partial charge on any atom is 0.126 e. The zero-order chi connectivity index (χ0) is 10.5. The van der Waals surface area contributed by atoms with E-state index in [-0.39, 0.29) is 5.41 Å². The maximum atomic E-state index is 6.13. The van der Waals surface area contributed by atoms with Crippen LogP contribution < -0.4 is 5.73 Å². The van der Waals surface area contributed by atoms with E-state index in [0.717, 1.165) is 12.2 Å². The molecule has 1 aliphatic rings. The normalized spacial score (nSPS) is 18.9. The molecule has 0 spiro atoms. The number of aromatic nitrogens is 2. The fraction of sp³-hybridized carbons (Fsp3) is 0.727. The van der Waals surface area contributed by atoms with Gasteiger partial charge in [0.05, 0.1) is 5.69 Å². The maximum absolute atomic E-state index is 6.13.